The summed E-state index contributed by atoms with van der Waals surface area (Å²) in [5.41, 5.74) is 3.37. The average Bonchev–Trinajstić information content (AvgIpc) is 2.88. The lowest BCUT2D eigenvalue weighted by molar-refractivity contribution is -0.137. The molecule has 0 amide bonds. The van der Waals surface area contributed by atoms with Gasteiger partial charge in [0.2, 0.25) is 0 Å². The van der Waals surface area contributed by atoms with Crippen LogP contribution in [0.25, 0.3) is 0 Å². The van der Waals surface area contributed by atoms with Crippen molar-refractivity contribution in [2.24, 2.45) is 5.84 Å². The summed E-state index contributed by atoms with van der Waals surface area (Å²) in [4.78, 5) is 3.84. The second kappa shape index (κ2) is 5.68. The number of hydrogen-bond acceptors (Lipinski definition) is 4. The van der Waals surface area contributed by atoms with Gasteiger partial charge in [-0.1, -0.05) is 0 Å². The number of aromatic nitrogens is 1. The Morgan fingerprint density at radius 2 is 2.11 bits per heavy atom. The van der Waals surface area contributed by atoms with Gasteiger partial charge in [0, 0.05) is 6.20 Å². The number of thiophene rings is 1. The molecule has 0 radical (unpaired) electrons. The first kappa shape index (κ1) is 14.0. The van der Waals surface area contributed by atoms with Crippen molar-refractivity contribution in [2.45, 2.75) is 18.6 Å². The van der Waals surface area contributed by atoms with Crippen LogP contribution in [0.3, 0.4) is 0 Å². The molecule has 0 aliphatic rings. The molecule has 102 valence electrons. The molecule has 0 bridgehead atoms. The fourth-order valence-corrected chi connectivity index (χ4v) is 2.35. The van der Waals surface area contributed by atoms with Gasteiger partial charge >= 0.3 is 6.18 Å². The molecule has 0 saturated carbocycles. The number of hydrazine groups is 1. The van der Waals surface area contributed by atoms with E-state index in [-0.39, 0.29) is 6.04 Å². The maximum atomic E-state index is 12.4. The van der Waals surface area contributed by atoms with Crippen molar-refractivity contribution in [2.75, 3.05) is 0 Å². The highest BCUT2D eigenvalue weighted by atomic mass is 32.1. The van der Waals surface area contributed by atoms with Crippen LogP contribution in [-0.4, -0.2) is 4.98 Å². The molecule has 0 spiro atoms. The van der Waals surface area contributed by atoms with Crippen LogP contribution < -0.4 is 11.3 Å². The van der Waals surface area contributed by atoms with Gasteiger partial charge in [-0.15, -0.1) is 0 Å². The quantitative estimate of drug-likeness (QED) is 0.671. The number of pyridine rings is 1. The van der Waals surface area contributed by atoms with Crippen molar-refractivity contribution < 1.29 is 13.2 Å². The van der Waals surface area contributed by atoms with Crippen molar-refractivity contribution in [3.63, 3.8) is 0 Å². The maximum absolute atomic E-state index is 12.4. The van der Waals surface area contributed by atoms with E-state index in [0.29, 0.717) is 12.1 Å². The van der Waals surface area contributed by atoms with E-state index in [4.69, 9.17) is 5.84 Å². The summed E-state index contributed by atoms with van der Waals surface area (Å²) in [6.07, 6.45) is -2.96. The molecule has 0 saturated heterocycles. The topological polar surface area (TPSA) is 50.9 Å². The van der Waals surface area contributed by atoms with Gasteiger partial charge in [0.05, 0.1) is 17.3 Å². The molecule has 2 aromatic heterocycles. The van der Waals surface area contributed by atoms with Gasteiger partial charge in [0.25, 0.3) is 0 Å². The molecule has 3 N–H and O–H groups in total. The van der Waals surface area contributed by atoms with Crippen LogP contribution in [0.5, 0.6) is 0 Å². The molecule has 2 heterocycles. The molecule has 19 heavy (non-hydrogen) atoms. The van der Waals surface area contributed by atoms with Crippen LogP contribution in [0.15, 0.2) is 35.2 Å². The third kappa shape index (κ3) is 3.52. The molecule has 1 atom stereocenters. The van der Waals surface area contributed by atoms with Crippen molar-refractivity contribution in [1.29, 1.82) is 0 Å². The van der Waals surface area contributed by atoms with Crippen LogP contribution in [0, 0.1) is 0 Å². The summed E-state index contributed by atoms with van der Waals surface area (Å²) in [5.74, 6) is 5.44. The number of alkyl halides is 3. The summed E-state index contributed by atoms with van der Waals surface area (Å²) >= 11 is 1.56. The lowest BCUT2D eigenvalue weighted by Gasteiger charge is -2.15. The summed E-state index contributed by atoms with van der Waals surface area (Å²) in [6, 6.07) is 4.00. The SMILES string of the molecule is NNC(Cc1ccsc1)c1ccc(C(F)(F)F)cn1. The second-order valence-corrected chi connectivity index (χ2v) is 4.80. The smallest absolute Gasteiger partial charge is 0.271 e. The fourth-order valence-electron chi connectivity index (χ4n) is 1.67. The Morgan fingerprint density at radius 1 is 1.32 bits per heavy atom. The molecular formula is C12H12F3N3S. The predicted molar refractivity (Wildman–Crippen MR) is 67.3 cm³/mol. The van der Waals surface area contributed by atoms with E-state index in [2.05, 4.69) is 10.4 Å². The van der Waals surface area contributed by atoms with E-state index in [9.17, 15) is 13.2 Å². The third-order valence-electron chi connectivity index (χ3n) is 2.69. The number of hydrogen-bond donors (Lipinski definition) is 2. The first-order valence-corrected chi connectivity index (χ1v) is 6.45. The third-order valence-corrected chi connectivity index (χ3v) is 3.42. The Morgan fingerprint density at radius 3 is 2.58 bits per heavy atom. The normalized spacial score (nSPS) is 13.5. The lowest BCUT2D eigenvalue weighted by Crippen LogP contribution is -2.30. The average molecular weight is 287 g/mol. The highest BCUT2D eigenvalue weighted by Crippen LogP contribution is 2.29. The summed E-state index contributed by atoms with van der Waals surface area (Å²) in [6.45, 7) is 0. The van der Waals surface area contributed by atoms with Crippen LogP contribution in [-0.2, 0) is 12.6 Å². The van der Waals surface area contributed by atoms with Gasteiger partial charge in [-0.05, 0) is 40.9 Å². The zero-order valence-corrected chi connectivity index (χ0v) is 10.6. The highest BCUT2D eigenvalue weighted by Gasteiger charge is 2.30. The Labute approximate surface area is 112 Å². The van der Waals surface area contributed by atoms with E-state index in [0.717, 1.165) is 17.8 Å². The molecule has 1 unspecified atom stereocenters. The molecule has 0 aliphatic carbocycles. The Kier molecular flexibility index (Phi) is 4.18. The standard InChI is InChI=1S/C12H12F3N3S/c13-12(14,15)9-1-2-10(17-6-9)11(18-16)5-8-3-4-19-7-8/h1-4,6-7,11,18H,5,16H2. The first-order chi connectivity index (χ1) is 9.00. The van der Waals surface area contributed by atoms with Gasteiger partial charge in [-0.3, -0.25) is 16.3 Å². The minimum Gasteiger partial charge on any atom is -0.271 e. The van der Waals surface area contributed by atoms with Crippen LogP contribution in [0.4, 0.5) is 13.2 Å². The van der Waals surface area contributed by atoms with Gasteiger partial charge in [0.1, 0.15) is 0 Å². The van der Waals surface area contributed by atoms with E-state index >= 15 is 0 Å². The van der Waals surface area contributed by atoms with Crippen molar-refractivity contribution in [3.8, 4) is 0 Å². The molecule has 3 nitrogen and oxygen atoms in total. The van der Waals surface area contributed by atoms with Crippen molar-refractivity contribution >= 4 is 11.3 Å². The maximum Gasteiger partial charge on any atom is 0.417 e. The van der Waals surface area contributed by atoms with Gasteiger partial charge in [0.15, 0.2) is 0 Å². The lowest BCUT2D eigenvalue weighted by atomic mass is 10.1. The number of nitrogens with one attached hydrogen (secondary N) is 1. The van der Waals surface area contributed by atoms with Gasteiger partial charge in [-0.25, -0.2) is 0 Å². The van der Waals surface area contributed by atoms with E-state index < -0.39 is 11.7 Å². The number of nitrogens with two attached hydrogens (primary N) is 1. The van der Waals surface area contributed by atoms with E-state index in [1.807, 2.05) is 16.8 Å². The van der Waals surface area contributed by atoms with Crippen LogP contribution in [0.1, 0.15) is 22.9 Å². The number of rotatable bonds is 4. The molecule has 2 aromatic rings. The van der Waals surface area contributed by atoms with Gasteiger partial charge in [-0.2, -0.15) is 24.5 Å². The van der Waals surface area contributed by atoms with E-state index in [1.54, 1.807) is 11.3 Å². The van der Waals surface area contributed by atoms with E-state index in [1.165, 1.54) is 6.07 Å². The summed E-state index contributed by atoms with van der Waals surface area (Å²) in [7, 11) is 0. The number of nitrogens with zero attached hydrogens (tertiary/aromatic N) is 1. The molecule has 7 heteroatoms. The fraction of sp³-hybridized carbons (Fsp3) is 0.250. The van der Waals surface area contributed by atoms with Gasteiger partial charge < -0.3 is 0 Å². The van der Waals surface area contributed by atoms with Crippen LogP contribution in [0.2, 0.25) is 0 Å². The first-order valence-electron chi connectivity index (χ1n) is 5.51. The molecule has 2 rings (SSSR count). The Hall–Kier alpha value is -1.44. The minimum atomic E-state index is -4.37. The largest absolute Gasteiger partial charge is 0.417 e. The van der Waals surface area contributed by atoms with Crippen molar-refractivity contribution in [1.82, 2.24) is 10.4 Å². The Balaban J connectivity index is 2.15. The molecule has 0 aromatic carbocycles. The predicted octanol–water partition coefficient (Wildman–Crippen LogP) is 2.91. The monoisotopic (exact) mass is 287 g/mol. The molecule has 0 fully saturated rings. The minimum absolute atomic E-state index is 0.308. The number of halogens is 3. The zero-order chi connectivity index (χ0) is 13.9. The zero-order valence-electron chi connectivity index (χ0n) is 9.82. The summed E-state index contributed by atoms with van der Waals surface area (Å²) in [5, 5.41) is 3.90. The highest BCUT2D eigenvalue weighted by molar-refractivity contribution is 7.07. The summed E-state index contributed by atoms with van der Waals surface area (Å²) < 4.78 is 37.3. The Bertz CT molecular complexity index is 508. The van der Waals surface area contributed by atoms with Crippen molar-refractivity contribution in [3.05, 3.63) is 52.0 Å². The van der Waals surface area contributed by atoms with Crippen LogP contribution >= 0.6 is 11.3 Å². The second-order valence-electron chi connectivity index (χ2n) is 4.02. The molecule has 0 aliphatic heterocycles. The molecular weight excluding hydrogens is 275 g/mol.